The normalized spacial score (nSPS) is 10.7. The second-order valence-corrected chi connectivity index (χ2v) is 6.80. The molecule has 0 spiro atoms. The summed E-state index contributed by atoms with van der Waals surface area (Å²) in [6.07, 6.45) is 2.27. The molecular formula is C20H19N3O2S. The smallest absolute Gasteiger partial charge is 0.216 e. The highest BCUT2D eigenvalue weighted by molar-refractivity contribution is 8.00. The van der Waals surface area contributed by atoms with Crippen molar-refractivity contribution >= 4 is 34.4 Å². The van der Waals surface area contributed by atoms with E-state index in [9.17, 15) is 9.59 Å². The van der Waals surface area contributed by atoms with Crippen LogP contribution in [0.15, 0.2) is 59.9 Å². The Bertz CT molecular complexity index is 920. The van der Waals surface area contributed by atoms with Crippen LogP contribution in [-0.2, 0) is 11.2 Å². The van der Waals surface area contributed by atoms with Gasteiger partial charge in [-0.15, -0.1) is 0 Å². The minimum atomic E-state index is -0.0360. The number of ketones is 1. The topological polar surface area (TPSA) is 72.0 Å². The fraction of sp³-hybridized carbons (Fsp3) is 0.200. The highest BCUT2D eigenvalue weighted by Crippen LogP contribution is 2.24. The standard InChI is InChI=1S/C20H19N3O2S/c1-14(24)21-11-10-15-6-8-16(9-7-15)19(25)12-26-20-17-4-2-3-5-18(17)22-13-23-20/h2-9,13H,10-12H2,1H3,(H,21,24). The predicted molar refractivity (Wildman–Crippen MR) is 103 cm³/mol. The number of fused-ring (bicyclic) bond motifs is 1. The van der Waals surface area contributed by atoms with Crippen molar-refractivity contribution in [1.82, 2.24) is 15.3 Å². The minimum Gasteiger partial charge on any atom is -0.356 e. The van der Waals surface area contributed by atoms with Gasteiger partial charge in [-0.3, -0.25) is 9.59 Å². The van der Waals surface area contributed by atoms with E-state index >= 15 is 0 Å². The van der Waals surface area contributed by atoms with Crippen molar-refractivity contribution in [2.24, 2.45) is 0 Å². The van der Waals surface area contributed by atoms with E-state index < -0.39 is 0 Å². The Kier molecular flexibility index (Phi) is 5.96. The number of aromatic nitrogens is 2. The van der Waals surface area contributed by atoms with Crippen LogP contribution in [0.1, 0.15) is 22.8 Å². The molecule has 1 N–H and O–H groups in total. The third kappa shape index (κ3) is 4.67. The number of rotatable bonds is 7. The maximum absolute atomic E-state index is 12.4. The van der Waals surface area contributed by atoms with Crippen molar-refractivity contribution in [2.45, 2.75) is 18.4 Å². The van der Waals surface area contributed by atoms with Gasteiger partial charge in [0.1, 0.15) is 11.4 Å². The molecule has 0 aliphatic heterocycles. The van der Waals surface area contributed by atoms with Gasteiger partial charge in [-0.25, -0.2) is 9.97 Å². The Morgan fingerprint density at radius 2 is 1.81 bits per heavy atom. The highest BCUT2D eigenvalue weighted by atomic mass is 32.2. The van der Waals surface area contributed by atoms with Gasteiger partial charge in [0.05, 0.1) is 11.3 Å². The van der Waals surface area contributed by atoms with E-state index in [1.165, 1.54) is 25.0 Å². The third-order valence-corrected chi connectivity index (χ3v) is 4.92. The number of carbonyl (C=O) groups excluding carboxylic acids is 2. The molecule has 0 radical (unpaired) electrons. The fourth-order valence-electron chi connectivity index (χ4n) is 2.55. The van der Waals surface area contributed by atoms with Crippen LogP contribution in [0.3, 0.4) is 0 Å². The van der Waals surface area contributed by atoms with E-state index in [-0.39, 0.29) is 11.7 Å². The minimum absolute atomic E-state index is 0.0360. The van der Waals surface area contributed by atoms with Crippen molar-refractivity contribution in [3.8, 4) is 0 Å². The van der Waals surface area contributed by atoms with Crippen LogP contribution in [0.25, 0.3) is 10.9 Å². The van der Waals surface area contributed by atoms with Crippen molar-refractivity contribution in [2.75, 3.05) is 12.3 Å². The molecule has 0 atom stereocenters. The van der Waals surface area contributed by atoms with E-state index in [2.05, 4.69) is 15.3 Å². The van der Waals surface area contributed by atoms with Crippen LogP contribution in [0.5, 0.6) is 0 Å². The van der Waals surface area contributed by atoms with Gasteiger partial charge in [0, 0.05) is 24.4 Å². The molecule has 0 unspecified atom stereocenters. The van der Waals surface area contributed by atoms with Gasteiger partial charge in [-0.1, -0.05) is 54.2 Å². The number of benzene rings is 2. The summed E-state index contributed by atoms with van der Waals surface area (Å²) >= 11 is 1.43. The van der Waals surface area contributed by atoms with E-state index in [0.29, 0.717) is 17.9 Å². The first-order valence-electron chi connectivity index (χ1n) is 8.32. The van der Waals surface area contributed by atoms with Gasteiger partial charge in [0.2, 0.25) is 5.91 Å². The molecule has 0 bridgehead atoms. The summed E-state index contributed by atoms with van der Waals surface area (Å²) in [5, 5.41) is 4.54. The first kappa shape index (κ1) is 18.1. The fourth-order valence-corrected chi connectivity index (χ4v) is 3.44. The van der Waals surface area contributed by atoms with Crippen molar-refractivity contribution in [3.05, 3.63) is 66.0 Å². The lowest BCUT2D eigenvalue weighted by Gasteiger charge is -2.06. The number of carbonyl (C=O) groups is 2. The largest absolute Gasteiger partial charge is 0.356 e. The van der Waals surface area contributed by atoms with E-state index in [1.54, 1.807) is 0 Å². The number of nitrogens with one attached hydrogen (secondary N) is 1. The average molecular weight is 365 g/mol. The summed E-state index contributed by atoms with van der Waals surface area (Å²) in [5.41, 5.74) is 2.64. The quantitative estimate of drug-likeness (QED) is 0.395. The van der Waals surface area contributed by atoms with Gasteiger partial charge < -0.3 is 5.32 Å². The molecule has 0 saturated carbocycles. The summed E-state index contributed by atoms with van der Waals surface area (Å²) < 4.78 is 0. The molecule has 1 amide bonds. The van der Waals surface area contributed by atoms with Crippen LogP contribution >= 0.6 is 11.8 Å². The molecule has 0 aliphatic rings. The Morgan fingerprint density at radius 1 is 1.04 bits per heavy atom. The Morgan fingerprint density at radius 3 is 2.58 bits per heavy atom. The van der Waals surface area contributed by atoms with Gasteiger partial charge in [-0.2, -0.15) is 0 Å². The second kappa shape index (κ2) is 8.58. The number of hydrogen-bond donors (Lipinski definition) is 1. The number of amides is 1. The third-order valence-electron chi connectivity index (χ3n) is 3.91. The molecule has 3 rings (SSSR count). The lowest BCUT2D eigenvalue weighted by molar-refractivity contribution is -0.118. The average Bonchev–Trinajstić information content (AvgIpc) is 2.66. The van der Waals surface area contributed by atoms with Gasteiger partial charge in [0.15, 0.2) is 5.78 Å². The van der Waals surface area contributed by atoms with Crippen molar-refractivity contribution in [1.29, 1.82) is 0 Å². The molecule has 0 aliphatic carbocycles. The monoisotopic (exact) mass is 365 g/mol. The van der Waals surface area contributed by atoms with Gasteiger partial charge >= 0.3 is 0 Å². The zero-order valence-corrected chi connectivity index (χ0v) is 15.3. The number of nitrogens with zero attached hydrogens (tertiary/aromatic N) is 2. The number of para-hydroxylation sites is 1. The summed E-state index contributed by atoms with van der Waals surface area (Å²) in [7, 11) is 0. The summed E-state index contributed by atoms with van der Waals surface area (Å²) in [4.78, 5) is 31.9. The number of hydrogen-bond acceptors (Lipinski definition) is 5. The zero-order valence-electron chi connectivity index (χ0n) is 14.4. The van der Waals surface area contributed by atoms with E-state index in [0.717, 1.165) is 27.9 Å². The van der Waals surface area contributed by atoms with E-state index in [1.807, 2.05) is 48.5 Å². The Hall–Kier alpha value is -2.73. The molecule has 0 fully saturated rings. The molecule has 1 aromatic heterocycles. The van der Waals surface area contributed by atoms with Crippen LogP contribution < -0.4 is 5.32 Å². The van der Waals surface area contributed by atoms with Gasteiger partial charge in [0.25, 0.3) is 0 Å². The molecule has 1 heterocycles. The van der Waals surface area contributed by atoms with Crippen molar-refractivity contribution in [3.63, 3.8) is 0 Å². The zero-order chi connectivity index (χ0) is 18.4. The first-order valence-corrected chi connectivity index (χ1v) is 9.31. The molecule has 6 heteroatoms. The van der Waals surface area contributed by atoms with Crippen molar-refractivity contribution < 1.29 is 9.59 Å². The van der Waals surface area contributed by atoms with Crippen LogP contribution in [0.2, 0.25) is 0 Å². The molecule has 132 valence electrons. The summed E-state index contributed by atoms with van der Waals surface area (Å²) in [6, 6.07) is 15.3. The maximum Gasteiger partial charge on any atom is 0.216 e. The molecular weight excluding hydrogens is 346 g/mol. The maximum atomic E-state index is 12.4. The van der Waals surface area contributed by atoms with Crippen LogP contribution in [0.4, 0.5) is 0 Å². The molecule has 5 nitrogen and oxygen atoms in total. The number of thioether (sulfide) groups is 1. The lowest BCUT2D eigenvalue weighted by Crippen LogP contribution is -2.22. The molecule has 2 aromatic carbocycles. The molecule has 0 saturated heterocycles. The summed E-state index contributed by atoms with van der Waals surface area (Å²) in [5.74, 6) is 0.351. The number of Topliss-reactive ketones (excluding diaryl/α,β-unsaturated/α-hetero) is 1. The Labute approximate surface area is 156 Å². The second-order valence-electron chi connectivity index (χ2n) is 5.84. The highest BCUT2D eigenvalue weighted by Gasteiger charge is 2.10. The molecule has 3 aromatic rings. The van der Waals surface area contributed by atoms with Crippen LogP contribution in [-0.4, -0.2) is 34.0 Å². The first-order chi connectivity index (χ1) is 12.6. The predicted octanol–water partition coefficient (Wildman–Crippen LogP) is 3.28. The van der Waals surface area contributed by atoms with E-state index in [4.69, 9.17) is 0 Å². The SMILES string of the molecule is CC(=O)NCCc1ccc(C(=O)CSc2ncnc3ccccc23)cc1. The lowest BCUT2D eigenvalue weighted by atomic mass is 10.1. The molecule has 26 heavy (non-hydrogen) atoms. The summed E-state index contributed by atoms with van der Waals surface area (Å²) in [6.45, 7) is 2.10. The Balaban J connectivity index is 1.60. The van der Waals surface area contributed by atoms with Crippen LogP contribution in [0, 0.1) is 0 Å². The van der Waals surface area contributed by atoms with Gasteiger partial charge in [-0.05, 0) is 18.1 Å².